The van der Waals surface area contributed by atoms with Gasteiger partial charge in [-0.05, 0) is 43.5 Å². The van der Waals surface area contributed by atoms with Crippen LogP contribution in [0.1, 0.15) is 48.0 Å². The smallest absolute Gasteiger partial charge is 0.404 e. The van der Waals surface area contributed by atoms with Gasteiger partial charge in [-0.2, -0.15) is 15.0 Å². The lowest BCUT2D eigenvalue weighted by molar-refractivity contribution is -0.274. The summed E-state index contributed by atoms with van der Waals surface area (Å²) >= 11 is 0. The number of hydrogen-bond donors (Lipinski definition) is 2. The minimum atomic E-state index is -4.78. The Morgan fingerprint density at radius 2 is 2.00 bits per heavy atom. The fourth-order valence-electron chi connectivity index (χ4n) is 4.35. The maximum absolute atomic E-state index is 12.4. The SMILES string of the molecule is CC1(Nc2ccc(OC(F)(F)F)cn2)CCCC1c1cccc(C(N)=O)c1-n1nccn1. The van der Waals surface area contributed by atoms with Crippen molar-refractivity contribution in [3.63, 3.8) is 0 Å². The van der Waals surface area contributed by atoms with Crippen molar-refractivity contribution >= 4 is 11.7 Å². The zero-order chi connectivity index (χ0) is 22.9. The number of carbonyl (C=O) groups excluding carboxylic acids is 1. The molecule has 168 valence electrons. The molecule has 1 aliphatic carbocycles. The number of nitrogens with one attached hydrogen (secondary N) is 1. The third-order valence-corrected chi connectivity index (χ3v) is 5.67. The molecule has 8 nitrogen and oxygen atoms in total. The third-order valence-electron chi connectivity index (χ3n) is 5.67. The second kappa shape index (κ2) is 8.13. The number of alkyl halides is 3. The minimum Gasteiger partial charge on any atom is -0.404 e. The Morgan fingerprint density at radius 1 is 1.25 bits per heavy atom. The van der Waals surface area contributed by atoms with Gasteiger partial charge < -0.3 is 15.8 Å². The lowest BCUT2D eigenvalue weighted by Gasteiger charge is -2.35. The van der Waals surface area contributed by atoms with Crippen LogP contribution in [-0.4, -0.2) is 37.8 Å². The molecule has 0 saturated heterocycles. The van der Waals surface area contributed by atoms with Crippen LogP contribution < -0.4 is 15.8 Å². The van der Waals surface area contributed by atoms with E-state index >= 15 is 0 Å². The maximum Gasteiger partial charge on any atom is 0.573 e. The molecule has 1 fully saturated rings. The zero-order valence-corrected chi connectivity index (χ0v) is 17.1. The van der Waals surface area contributed by atoms with E-state index < -0.39 is 23.6 Å². The van der Waals surface area contributed by atoms with Crippen molar-refractivity contribution < 1.29 is 22.7 Å². The maximum atomic E-state index is 12.4. The largest absolute Gasteiger partial charge is 0.573 e. The van der Waals surface area contributed by atoms with Crippen molar-refractivity contribution in [2.75, 3.05) is 5.32 Å². The number of nitrogens with zero attached hydrogens (tertiary/aromatic N) is 4. The van der Waals surface area contributed by atoms with Crippen molar-refractivity contribution in [1.29, 1.82) is 0 Å². The number of benzene rings is 1. The highest BCUT2D eigenvalue weighted by molar-refractivity contribution is 5.97. The first-order valence-electron chi connectivity index (χ1n) is 9.96. The Morgan fingerprint density at radius 3 is 2.62 bits per heavy atom. The van der Waals surface area contributed by atoms with Crippen LogP contribution in [-0.2, 0) is 0 Å². The minimum absolute atomic E-state index is 0.0595. The molecule has 3 aromatic rings. The van der Waals surface area contributed by atoms with Crippen LogP contribution >= 0.6 is 0 Å². The van der Waals surface area contributed by atoms with Crippen LogP contribution in [0, 0.1) is 0 Å². The molecule has 0 spiro atoms. The number of para-hydroxylation sites is 1. The highest BCUT2D eigenvalue weighted by Gasteiger charge is 2.42. The summed E-state index contributed by atoms with van der Waals surface area (Å²) in [5, 5.41) is 11.7. The number of amides is 1. The zero-order valence-electron chi connectivity index (χ0n) is 17.1. The molecule has 0 bridgehead atoms. The highest BCUT2D eigenvalue weighted by Crippen LogP contribution is 2.46. The van der Waals surface area contributed by atoms with Crippen molar-refractivity contribution in [2.24, 2.45) is 5.73 Å². The van der Waals surface area contributed by atoms with Gasteiger partial charge in [-0.1, -0.05) is 18.6 Å². The van der Waals surface area contributed by atoms with E-state index in [0.29, 0.717) is 17.1 Å². The third kappa shape index (κ3) is 4.36. The summed E-state index contributed by atoms with van der Waals surface area (Å²) in [6.45, 7) is 2.02. The Kier molecular flexibility index (Phi) is 5.49. The molecule has 32 heavy (non-hydrogen) atoms. The lowest BCUT2D eigenvalue weighted by Crippen LogP contribution is -2.38. The summed E-state index contributed by atoms with van der Waals surface area (Å²) in [4.78, 5) is 17.6. The van der Waals surface area contributed by atoms with Crippen LogP contribution in [0.15, 0.2) is 48.9 Å². The number of carbonyl (C=O) groups is 1. The number of nitrogens with two attached hydrogens (primary N) is 1. The van der Waals surface area contributed by atoms with Crippen LogP contribution in [0.4, 0.5) is 19.0 Å². The lowest BCUT2D eigenvalue weighted by atomic mass is 9.81. The van der Waals surface area contributed by atoms with E-state index in [-0.39, 0.29) is 5.92 Å². The Labute approximate surface area is 181 Å². The van der Waals surface area contributed by atoms with Crippen LogP contribution in [0.25, 0.3) is 5.69 Å². The first-order valence-corrected chi connectivity index (χ1v) is 9.96. The Hall–Kier alpha value is -3.63. The Balaban J connectivity index is 1.67. The molecule has 3 N–H and O–H groups in total. The molecule has 1 aromatic carbocycles. The van der Waals surface area contributed by atoms with Gasteiger partial charge in [0.05, 0.1) is 24.2 Å². The number of ether oxygens (including phenoxy) is 1. The van der Waals surface area contributed by atoms with Gasteiger partial charge in [-0.3, -0.25) is 4.79 Å². The number of halogens is 3. The summed E-state index contributed by atoms with van der Waals surface area (Å²) < 4.78 is 41.1. The van der Waals surface area contributed by atoms with Gasteiger partial charge in [-0.15, -0.1) is 13.2 Å². The van der Waals surface area contributed by atoms with E-state index in [4.69, 9.17) is 5.73 Å². The number of rotatable bonds is 6. The van der Waals surface area contributed by atoms with Gasteiger partial charge in [0, 0.05) is 11.5 Å². The summed E-state index contributed by atoms with van der Waals surface area (Å²) in [7, 11) is 0. The summed E-state index contributed by atoms with van der Waals surface area (Å²) in [6, 6.07) is 7.96. The normalized spacial score (nSPS) is 20.8. The summed E-state index contributed by atoms with van der Waals surface area (Å²) in [5.41, 5.74) is 6.80. The molecule has 2 heterocycles. The second-order valence-corrected chi connectivity index (χ2v) is 7.84. The van der Waals surface area contributed by atoms with E-state index in [9.17, 15) is 18.0 Å². The number of pyridine rings is 1. The monoisotopic (exact) mass is 446 g/mol. The summed E-state index contributed by atoms with van der Waals surface area (Å²) in [5.74, 6) is -0.624. The van der Waals surface area contributed by atoms with Crippen LogP contribution in [0.2, 0.25) is 0 Å². The van der Waals surface area contributed by atoms with Crippen molar-refractivity contribution in [2.45, 2.75) is 44.0 Å². The highest BCUT2D eigenvalue weighted by atomic mass is 19.4. The fraction of sp³-hybridized carbons (Fsp3) is 0.333. The van der Waals surface area contributed by atoms with Crippen molar-refractivity contribution in [3.8, 4) is 11.4 Å². The predicted molar refractivity (Wildman–Crippen MR) is 109 cm³/mol. The first kappa shape index (κ1) is 21.6. The molecule has 1 aliphatic rings. The van der Waals surface area contributed by atoms with Gasteiger partial charge >= 0.3 is 6.36 Å². The second-order valence-electron chi connectivity index (χ2n) is 7.84. The molecule has 1 amide bonds. The molecule has 2 unspecified atom stereocenters. The quantitative estimate of drug-likeness (QED) is 0.596. The molecule has 4 rings (SSSR count). The van der Waals surface area contributed by atoms with Gasteiger partial charge in [0.15, 0.2) is 0 Å². The van der Waals surface area contributed by atoms with E-state index in [0.717, 1.165) is 31.0 Å². The Bertz CT molecular complexity index is 1100. The molecule has 11 heteroatoms. The number of anilines is 1. The number of aromatic nitrogens is 4. The molecule has 2 aromatic heterocycles. The average molecular weight is 446 g/mol. The fourth-order valence-corrected chi connectivity index (χ4v) is 4.35. The van der Waals surface area contributed by atoms with Gasteiger partial charge in [0.1, 0.15) is 17.3 Å². The van der Waals surface area contributed by atoms with Crippen LogP contribution in [0.3, 0.4) is 0 Å². The van der Waals surface area contributed by atoms with E-state index in [1.54, 1.807) is 12.1 Å². The number of hydrogen-bond acceptors (Lipinski definition) is 6. The van der Waals surface area contributed by atoms with Gasteiger partial charge in [0.2, 0.25) is 0 Å². The molecular weight excluding hydrogens is 425 g/mol. The van der Waals surface area contributed by atoms with Gasteiger partial charge in [-0.25, -0.2) is 4.98 Å². The molecule has 2 atom stereocenters. The van der Waals surface area contributed by atoms with Gasteiger partial charge in [0.25, 0.3) is 5.91 Å². The van der Waals surface area contributed by atoms with E-state index in [2.05, 4.69) is 25.2 Å². The first-order chi connectivity index (χ1) is 15.2. The molecule has 0 aliphatic heterocycles. The van der Waals surface area contributed by atoms with E-state index in [1.165, 1.54) is 29.3 Å². The standard InChI is InChI=1S/C21H21F3N6O2/c1-20(29-17-8-7-13(12-26-17)32-21(22,23)24)9-3-6-16(20)14-4-2-5-15(19(25)31)18(14)30-27-10-11-28-30/h2,4-5,7-8,10-12,16H,3,6,9H2,1H3,(H2,25,31)(H,26,29). The van der Waals surface area contributed by atoms with Crippen LogP contribution in [0.5, 0.6) is 5.75 Å². The topological polar surface area (TPSA) is 108 Å². The van der Waals surface area contributed by atoms with Crippen molar-refractivity contribution in [1.82, 2.24) is 20.0 Å². The number of primary amides is 1. The van der Waals surface area contributed by atoms with E-state index in [1.807, 2.05) is 13.0 Å². The summed E-state index contributed by atoms with van der Waals surface area (Å²) in [6.07, 6.45) is 1.78. The predicted octanol–water partition coefficient (Wildman–Crippen LogP) is 3.80. The van der Waals surface area contributed by atoms with Crippen molar-refractivity contribution in [3.05, 3.63) is 60.0 Å². The molecular formula is C21H21F3N6O2. The molecule has 1 saturated carbocycles. The molecule has 0 radical (unpaired) electrons. The average Bonchev–Trinajstić information content (AvgIpc) is 3.37.